The van der Waals surface area contributed by atoms with E-state index in [0.717, 1.165) is 16.7 Å². The van der Waals surface area contributed by atoms with Crippen molar-refractivity contribution in [3.63, 3.8) is 0 Å². The minimum absolute atomic E-state index is 0.0177. The molecular weight excluding hydrogens is 520 g/mol. The molecule has 41 heavy (non-hydrogen) atoms. The van der Waals surface area contributed by atoms with E-state index in [2.05, 4.69) is 0 Å². The number of rotatable bonds is 10. The number of imide groups is 2. The van der Waals surface area contributed by atoms with Crippen LogP contribution in [0.4, 0.5) is 9.59 Å². The molecular formula is C33H32N2O6. The normalized spacial score (nSPS) is 18.8. The van der Waals surface area contributed by atoms with Crippen LogP contribution in [0.25, 0.3) is 0 Å². The van der Waals surface area contributed by atoms with Crippen LogP contribution in [0, 0.1) is 0 Å². The van der Waals surface area contributed by atoms with Crippen LogP contribution in [-0.4, -0.2) is 59.1 Å². The predicted molar refractivity (Wildman–Crippen MR) is 152 cm³/mol. The van der Waals surface area contributed by atoms with E-state index < -0.39 is 24.1 Å². The Morgan fingerprint density at radius 2 is 1.15 bits per heavy atom. The number of nitrogens with zero attached hydrogens (tertiary/aromatic N) is 2. The lowest BCUT2D eigenvalue weighted by molar-refractivity contribution is -0.129. The molecule has 210 valence electrons. The highest BCUT2D eigenvalue weighted by molar-refractivity contribution is 6.03. The summed E-state index contributed by atoms with van der Waals surface area (Å²) in [5, 5.41) is 0. The Bertz CT molecular complexity index is 1410. The first-order valence-electron chi connectivity index (χ1n) is 13.8. The summed E-state index contributed by atoms with van der Waals surface area (Å²) in [4.78, 5) is 54.4. The molecule has 0 spiro atoms. The summed E-state index contributed by atoms with van der Waals surface area (Å²) in [6.07, 6.45) is 1.90. The first-order chi connectivity index (χ1) is 20.0. The smallest absolute Gasteiger partial charge is 0.417 e. The summed E-state index contributed by atoms with van der Waals surface area (Å²) in [6, 6.07) is 27.9. The quantitative estimate of drug-likeness (QED) is 0.324. The standard InChI is InChI=1S/C33H32N2O6/c36-30(34-28(22-40-32(34)38)20-25-13-6-2-7-14-25)18-10-17-27(19-24-11-4-1-5-12-24)31(37)35-29(23-41-33(35)39)21-26-15-8-3-9-16-26/h1-9,11-17,28-29H,10,18-23H2/b27-17+. The van der Waals surface area contributed by atoms with Crippen LogP contribution in [0.3, 0.4) is 0 Å². The highest BCUT2D eigenvalue weighted by Crippen LogP contribution is 2.23. The van der Waals surface area contributed by atoms with Gasteiger partial charge in [-0.1, -0.05) is 97.1 Å². The first kappa shape index (κ1) is 27.8. The molecule has 2 unspecified atom stereocenters. The lowest BCUT2D eigenvalue weighted by Gasteiger charge is -2.22. The third-order valence-corrected chi connectivity index (χ3v) is 7.30. The van der Waals surface area contributed by atoms with Crippen LogP contribution >= 0.6 is 0 Å². The van der Waals surface area contributed by atoms with Gasteiger partial charge in [-0.3, -0.25) is 9.59 Å². The predicted octanol–water partition coefficient (Wildman–Crippen LogP) is 5.12. The average molecular weight is 553 g/mol. The molecule has 0 N–H and O–H groups in total. The summed E-state index contributed by atoms with van der Waals surface area (Å²) >= 11 is 0. The van der Waals surface area contributed by atoms with E-state index in [0.29, 0.717) is 18.4 Å². The van der Waals surface area contributed by atoms with Gasteiger partial charge < -0.3 is 9.47 Å². The number of hydrogen-bond acceptors (Lipinski definition) is 6. The number of hydrogen-bond donors (Lipinski definition) is 0. The van der Waals surface area contributed by atoms with Crippen LogP contribution in [0.1, 0.15) is 29.5 Å². The van der Waals surface area contributed by atoms with Crippen molar-refractivity contribution in [1.82, 2.24) is 9.80 Å². The van der Waals surface area contributed by atoms with Crippen LogP contribution < -0.4 is 0 Å². The van der Waals surface area contributed by atoms with E-state index in [-0.39, 0.29) is 44.4 Å². The second kappa shape index (κ2) is 13.1. The third-order valence-electron chi connectivity index (χ3n) is 7.30. The molecule has 3 aromatic rings. The maximum atomic E-state index is 13.8. The Labute approximate surface area is 239 Å². The second-order valence-corrected chi connectivity index (χ2v) is 10.2. The minimum atomic E-state index is -0.672. The van der Waals surface area contributed by atoms with Gasteiger partial charge in [0, 0.05) is 18.4 Å². The summed E-state index contributed by atoms with van der Waals surface area (Å²) in [7, 11) is 0. The van der Waals surface area contributed by atoms with Crippen molar-refractivity contribution in [1.29, 1.82) is 0 Å². The Hall–Kier alpha value is -4.72. The average Bonchev–Trinajstić information content (AvgIpc) is 3.54. The van der Waals surface area contributed by atoms with Gasteiger partial charge in [-0.05, 0) is 36.0 Å². The van der Waals surface area contributed by atoms with Crippen molar-refractivity contribution in [2.75, 3.05) is 13.2 Å². The summed E-state index contributed by atoms with van der Waals surface area (Å²) in [5.74, 6) is -0.800. The minimum Gasteiger partial charge on any atom is -0.447 e. The van der Waals surface area contributed by atoms with Crippen molar-refractivity contribution in [3.8, 4) is 0 Å². The number of ether oxygens (including phenoxy) is 2. The Balaban J connectivity index is 1.30. The van der Waals surface area contributed by atoms with Gasteiger partial charge in [-0.2, -0.15) is 0 Å². The van der Waals surface area contributed by atoms with E-state index in [1.54, 1.807) is 6.08 Å². The van der Waals surface area contributed by atoms with Crippen LogP contribution in [0.15, 0.2) is 103 Å². The fourth-order valence-electron chi connectivity index (χ4n) is 5.24. The van der Waals surface area contributed by atoms with Crippen LogP contribution in [0.2, 0.25) is 0 Å². The zero-order chi connectivity index (χ0) is 28.6. The van der Waals surface area contributed by atoms with Crippen molar-refractivity contribution < 1.29 is 28.7 Å². The summed E-state index contributed by atoms with van der Waals surface area (Å²) in [5.41, 5.74) is 3.30. The molecule has 2 fully saturated rings. The fraction of sp³-hybridized carbons (Fsp3) is 0.273. The van der Waals surface area contributed by atoms with E-state index in [1.807, 2.05) is 91.0 Å². The molecule has 5 rings (SSSR count). The molecule has 0 saturated carbocycles. The van der Waals surface area contributed by atoms with Gasteiger partial charge in [-0.15, -0.1) is 0 Å². The number of cyclic esters (lactones) is 2. The number of carbonyl (C=O) groups is 4. The molecule has 8 heteroatoms. The zero-order valence-electron chi connectivity index (χ0n) is 22.7. The molecule has 0 aliphatic carbocycles. The number of benzene rings is 3. The molecule has 0 bridgehead atoms. The molecule has 0 radical (unpaired) electrons. The van der Waals surface area contributed by atoms with E-state index in [1.165, 1.54) is 9.80 Å². The maximum absolute atomic E-state index is 13.8. The monoisotopic (exact) mass is 552 g/mol. The number of amides is 4. The molecule has 2 atom stereocenters. The molecule has 2 saturated heterocycles. The van der Waals surface area contributed by atoms with E-state index >= 15 is 0 Å². The lowest BCUT2D eigenvalue weighted by atomic mass is 10.00. The van der Waals surface area contributed by atoms with Gasteiger partial charge in [-0.25, -0.2) is 19.4 Å². The maximum Gasteiger partial charge on any atom is 0.417 e. The van der Waals surface area contributed by atoms with Gasteiger partial charge in [0.2, 0.25) is 5.91 Å². The Morgan fingerprint density at radius 3 is 1.68 bits per heavy atom. The van der Waals surface area contributed by atoms with Crippen molar-refractivity contribution in [2.24, 2.45) is 0 Å². The topological polar surface area (TPSA) is 93.2 Å². The summed E-state index contributed by atoms with van der Waals surface area (Å²) in [6.45, 7) is 0.267. The van der Waals surface area contributed by atoms with Crippen molar-refractivity contribution in [2.45, 2.75) is 44.2 Å². The SMILES string of the molecule is O=C(CC/C=C(\Cc1ccccc1)C(=O)N1C(=O)OCC1Cc1ccccc1)N1C(=O)OCC1Cc1ccccc1. The van der Waals surface area contributed by atoms with Crippen LogP contribution in [-0.2, 0) is 38.3 Å². The zero-order valence-corrected chi connectivity index (χ0v) is 22.7. The fourth-order valence-corrected chi connectivity index (χ4v) is 5.24. The Kier molecular flexibility index (Phi) is 8.89. The Morgan fingerprint density at radius 1 is 0.683 bits per heavy atom. The molecule has 2 heterocycles. The molecule has 2 aliphatic rings. The molecule has 8 nitrogen and oxygen atoms in total. The van der Waals surface area contributed by atoms with Crippen molar-refractivity contribution >= 4 is 24.0 Å². The van der Waals surface area contributed by atoms with Crippen LogP contribution in [0.5, 0.6) is 0 Å². The highest BCUT2D eigenvalue weighted by atomic mass is 16.6. The number of carbonyl (C=O) groups excluding carboxylic acids is 4. The van der Waals surface area contributed by atoms with Crippen molar-refractivity contribution in [3.05, 3.63) is 119 Å². The second-order valence-electron chi connectivity index (χ2n) is 10.2. The molecule has 3 aromatic carbocycles. The molecule has 2 aliphatic heterocycles. The van der Waals surface area contributed by atoms with Gasteiger partial charge >= 0.3 is 12.2 Å². The molecule has 4 amide bonds. The third kappa shape index (κ3) is 6.90. The lowest BCUT2D eigenvalue weighted by Crippen LogP contribution is -2.41. The first-order valence-corrected chi connectivity index (χ1v) is 13.8. The highest BCUT2D eigenvalue weighted by Gasteiger charge is 2.40. The van der Waals surface area contributed by atoms with Gasteiger partial charge in [0.25, 0.3) is 5.91 Å². The summed E-state index contributed by atoms with van der Waals surface area (Å²) < 4.78 is 10.5. The van der Waals surface area contributed by atoms with E-state index in [9.17, 15) is 19.2 Å². The number of allylic oxidation sites excluding steroid dienone is 1. The molecule has 0 aromatic heterocycles. The van der Waals surface area contributed by atoms with E-state index in [4.69, 9.17) is 9.47 Å². The van der Waals surface area contributed by atoms with Gasteiger partial charge in [0.05, 0.1) is 12.1 Å². The largest absolute Gasteiger partial charge is 0.447 e. The van der Waals surface area contributed by atoms with Gasteiger partial charge in [0.1, 0.15) is 13.2 Å². The van der Waals surface area contributed by atoms with Gasteiger partial charge in [0.15, 0.2) is 0 Å².